The highest BCUT2D eigenvalue weighted by Crippen LogP contribution is 2.43. The number of carbonyl (C=O) groups is 1. The smallest absolute Gasteiger partial charge is 0.344 e. The molecule has 2 aromatic rings. The first-order valence-corrected chi connectivity index (χ1v) is 10.4. The summed E-state index contributed by atoms with van der Waals surface area (Å²) in [6.07, 6.45) is 1.59. The van der Waals surface area contributed by atoms with E-state index in [1.54, 1.807) is 43.3 Å². The van der Waals surface area contributed by atoms with E-state index in [-0.39, 0.29) is 34.5 Å². The number of halogens is 1. The van der Waals surface area contributed by atoms with Crippen LogP contribution in [0.4, 0.5) is 5.69 Å². The van der Waals surface area contributed by atoms with Crippen LogP contribution >= 0.6 is 23.4 Å². The van der Waals surface area contributed by atoms with Gasteiger partial charge >= 0.3 is 5.97 Å². The summed E-state index contributed by atoms with van der Waals surface area (Å²) in [7, 11) is 2.86. The predicted octanol–water partition coefficient (Wildman–Crippen LogP) is 5.26. The van der Waals surface area contributed by atoms with Crippen molar-refractivity contribution < 1.29 is 29.2 Å². The van der Waals surface area contributed by atoms with Crippen molar-refractivity contribution >= 4 is 46.1 Å². The Morgan fingerprint density at radius 3 is 2.58 bits per heavy atom. The number of benzene rings is 2. The van der Waals surface area contributed by atoms with E-state index in [1.807, 2.05) is 0 Å². The molecule has 0 saturated carbocycles. The molecule has 162 valence electrons. The monoisotopic (exact) mass is 461 g/mol. The number of phenols is 1. The normalized spacial score (nSPS) is 16.1. The Hall–Kier alpha value is -3.10. The number of aliphatic hydroxyl groups is 1. The molecule has 0 saturated heterocycles. The van der Waals surface area contributed by atoms with E-state index in [9.17, 15) is 15.0 Å². The van der Waals surface area contributed by atoms with E-state index in [2.05, 4.69) is 4.99 Å². The molecule has 3 rings (SSSR count). The number of methoxy groups -OCH3 is 2. The number of hydrogen-bond acceptors (Lipinski definition) is 8. The van der Waals surface area contributed by atoms with Crippen LogP contribution in [0.15, 0.2) is 57.6 Å². The Labute approximate surface area is 188 Å². The molecule has 0 fully saturated rings. The molecule has 0 bridgehead atoms. The van der Waals surface area contributed by atoms with E-state index in [1.165, 1.54) is 20.3 Å². The molecule has 1 aliphatic rings. The SMILES string of the molecule is CCOC(=O)C1=C(O)/C(=C\c2cc(O)c(OC)c(OC)c2)SC1=Nc1ccccc1Cl. The van der Waals surface area contributed by atoms with Crippen molar-refractivity contribution in [3.63, 3.8) is 0 Å². The van der Waals surface area contributed by atoms with Crippen LogP contribution in [0.3, 0.4) is 0 Å². The first-order chi connectivity index (χ1) is 14.9. The largest absolute Gasteiger partial charge is 0.506 e. The van der Waals surface area contributed by atoms with E-state index >= 15 is 0 Å². The number of aliphatic imine (C=N–C) groups is 1. The predicted molar refractivity (Wildman–Crippen MR) is 122 cm³/mol. The van der Waals surface area contributed by atoms with Gasteiger partial charge in [0.05, 0.1) is 36.4 Å². The number of aliphatic hydroxyl groups excluding tert-OH is 1. The summed E-state index contributed by atoms with van der Waals surface area (Å²) in [6, 6.07) is 9.99. The van der Waals surface area contributed by atoms with E-state index < -0.39 is 5.97 Å². The zero-order valence-electron chi connectivity index (χ0n) is 17.0. The van der Waals surface area contributed by atoms with Crippen LogP contribution in [0.5, 0.6) is 17.2 Å². The first-order valence-electron chi connectivity index (χ1n) is 9.18. The van der Waals surface area contributed by atoms with Gasteiger partial charge in [0.2, 0.25) is 5.75 Å². The summed E-state index contributed by atoms with van der Waals surface area (Å²) in [5.74, 6) is -0.593. The molecule has 0 unspecified atom stereocenters. The molecular weight excluding hydrogens is 442 g/mol. The molecule has 31 heavy (non-hydrogen) atoms. The number of aromatic hydroxyl groups is 1. The van der Waals surface area contributed by atoms with Crippen LogP contribution in [0, 0.1) is 0 Å². The van der Waals surface area contributed by atoms with Crippen LogP contribution < -0.4 is 9.47 Å². The number of ether oxygens (including phenoxy) is 3. The van der Waals surface area contributed by atoms with E-state index in [0.29, 0.717) is 26.9 Å². The lowest BCUT2D eigenvalue weighted by atomic mass is 10.1. The highest BCUT2D eigenvalue weighted by Gasteiger charge is 2.33. The number of rotatable bonds is 6. The van der Waals surface area contributed by atoms with Gasteiger partial charge in [0.25, 0.3) is 0 Å². The lowest BCUT2D eigenvalue weighted by Crippen LogP contribution is -2.12. The molecule has 0 spiro atoms. The van der Waals surface area contributed by atoms with Crippen LogP contribution in [-0.4, -0.2) is 42.1 Å². The molecule has 1 aliphatic heterocycles. The molecule has 0 amide bonds. The second-order valence-electron chi connectivity index (χ2n) is 6.20. The van der Waals surface area contributed by atoms with Crippen LogP contribution in [-0.2, 0) is 9.53 Å². The standard InChI is InChI=1S/C22H20ClNO6S/c1-4-30-22(27)18-19(26)17(31-21(18)24-14-8-6-5-7-13(14)23)11-12-9-15(25)20(29-3)16(10-12)28-2/h5-11,25-26H,4H2,1-3H3/b17-11+,24-21?. The van der Waals surface area contributed by atoms with Crippen molar-refractivity contribution in [3.8, 4) is 17.2 Å². The highest BCUT2D eigenvalue weighted by molar-refractivity contribution is 8.18. The van der Waals surface area contributed by atoms with Crippen molar-refractivity contribution in [2.45, 2.75) is 6.92 Å². The van der Waals surface area contributed by atoms with Crippen molar-refractivity contribution in [1.29, 1.82) is 0 Å². The second-order valence-corrected chi connectivity index (χ2v) is 7.64. The maximum absolute atomic E-state index is 12.5. The number of para-hydroxylation sites is 1. The van der Waals surface area contributed by atoms with Crippen molar-refractivity contribution in [2.24, 2.45) is 4.99 Å². The molecule has 2 aromatic carbocycles. The number of esters is 1. The summed E-state index contributed by atoms with van der Waals surface area (Å²) in [5.41, 5.74) is 0.917. The molecule has 0 radical (unpaired) electrons. The topological polar surface area (TPSA) is 97.6 Å². The number of phenolic OH excluding ortho intramolecular Hbond substituents is 1. The molecule has 7 nitrogen and oxygen atoms in total. The van der Waals surface area contributed by atoms with Crippen LogP contribution in [0.25, 0.3) is 6.08 Å². The Balaban J connectivity index is 2.09. The zero-order chi connectivity index (χ0) is 22.5. The van der Waals surface area contributed by atoms with Gasteiger partial charge in [-0.1, -0.05) is 35.5 Å². The Morgan fingerprint density at radius 2 is 1.94 bits per heavy atom. The van der Waals surface area contributed by atoms with E-state index in [0.717, 1.165) is 11.8 Å². The minimum absolute atomic E-state index is 0.0530. The first kappa shape index (κ1) is 22.6. The zero-order valence-corrected chi connectivity index (χ0v) is 18.6. The lowest BCUT2D eigenvalue weighted by Gasteiger charge is -2.10. The van der Waals surface area contributed by atoms with Gasteiger partial charge in [0.1, 0.15) is 16.4 Å². The summed E-state index contributed by atoms with van der Waals surface area (Å²) < 4.78 is 15.5. The molecule has 0 aliphatic carbocycles. The maximum Gasteiger partial charge on any atom is 0.344 e. The average Bonchev–Trinajstić information content (AvgIpc) is 3.04. The van der Waals surface area contributed by atoms with Crippen molar-refractivity contribution in [2.75, 3.05) is 20.8 Å². The molecule has 0 atom stereocenters. The Kier molecular flexibility index (Phi) is 7.14. The van der Waals surface area contributed by atoms with Gasteiger partial charge in [-0.15, -0.1) is 0 Å². The van der Waals surface area contributed by atoms with Gasteiger partial charge < -0.3 is 24.4 Å². The van der Waals surface area contributed by atoms with Crippen LogP contribution in [0.2, 0.25) is 5.02 Å². The third kappa shape index (κ3) is 4.81. The fourth-order valence-electron chi connectivity index (χ4n) is 2.84. The van der Waals surface area contributed by atoms with Gasteiger partial charge in [-0.25, -0.2) is 9.79 Å². The summed E-state index contributed by atoms with van der Waals surface area (Å²) in [5, 5.41) is 21.6. The number of thioether (sulfide) groups is 1. The molecule has 9 heteroatoms. The van der Waals surface area contributed by atoms with Crippen LogP contribution in [0.1, 0.15) is 12.5 Å². The Bertz CT molecular complexity index is 1110. The third-order valence-electron chi connectivity index (χ3n) is 4.22. The number of carbonyl (C=O) groups excluding carboxylic acids is 1. The van der Waals surface area contributed by atoms with Gasteiger partial charge in [-0.2, -0.15) is 0 Å². The number of hydrogen-bond donors (Lipinski definition) is 2. The van der Waals surface area contributed by atoms with Gasteiger partial charge in [-0.05, 0) is 42.8 Å². The van der Waals surface area contributed by atoms with Crippen molar-refractivity contribution in [3.05, 3.63) is 63.2 Å². The van der Waals surface area contributed by atoms with Gasteiger partial charge in [0, 0.05) is 0 Å². The fraction of sp³-hybridized carbons (Fsp3) is 0.182. The minimum atomic E-state index is -0.697. The Morgan fingerprint density at radius 1 is 1.19 bits per heavy atom. The molecule has 0 aromatic heterocycles. The highest BCUT2D eigenvalue weighted by atomic mass is 35.5. The van der Waals surface area contributed by atoms with Gasteiger partial charge in [0.15, 0.2) is 11.5 Å². The van der Waals surface area contributed by atoms with Gasteiger partial charge in [-0.3, -0.25) is 0 Å². The summed E-state index contributed by atoms with van der Waals surface area (Å²) in [4.78, 5) is 17.3. The van der Waals surface area contributed by atoms with E-state index in [4.69, 9.17) is 25.8 Å². The minimum Gasteiger partial charge on any atom is -0.506 e. The summed E-state index contributed by atoms with van der Waals surface area (Å²) >= 11 is 7.28. The van der Waals surface area contributed by atoms with Crippen molar-refractivity contribution in [1.82, 2.24) is 0 Å². The fourth-order valence-corrected chi connectivity index (χ4v) is 4.05. The average molecular weight is 462 g/mol. The quantitative estimate of drug-likeness (QED) is 0.566. The number of nitrogens with zero attached hydrogens (tertiary/aromatic N) is 1. The summed E-state index contributed by atoms with van der Waals surface area (Å²) in [6.45, 7) is 1.81. The third-order valence-corrected chi connectivity index (χ3v) is 5.56. The second kappa shape index (κ2) is 9.80. The maximum atomic E-state index is 12.5. The molecule has 2 N–H and O–H groups in total. The molecule has 1 heterocycles. The molecular formula is C22H20ClNO6S. The lowest BCUT2D eigenvalue weighted by molar-refractivity contribution is -0.138.